The lowest BCUT2D eigenvalue weighted by Crippen LogP contribution is -3.00. The molecule has 0 aliphatic carbocycles. The van der Waals surface area contributed by atoms with Crippen molar-refractivity contribution < 1.29 is 55.2 Å². The van der Waals surface area contributed by atoms with Gasteiger partial charge in [-0.1, -0.05) is 131 Å². The van der Waals surface area contributed by atoms with Gasteiger partial charge in [0.25, 0.3) is 11.8 Å². The van der Waals surface area contributed by atoms with Crippen molar-refractivity contribution in [2.24, 2.45) is 5.16 Å². The zero-order valence-corrected chi connectivity index (χ0v) is 49.1. The Kier molecular flexibility index (Phi) is 18.2. The van der Waals surface area contributed by atoms with Crippen LogP contribution < -0.4 is 43.8 Å². The van der Waals surface area contributed by atoms with E-state index in [0.717, 1.165) is 33.5 Å². The molecule has 21 heteroatoms. The van der Waals surface area contributed by atoms with Gasteiger partial charge in [-0.15, -0.1) is 23.1 Å². The molecule has 7 aromatic rings. The molecule has 0 saturated carbocycles. The number of carbonyl (C=O) groups is 4. The lowest BCUT2D eigenvalue weighted by molar-refractivity contribution is -0.626. The normalized spacial score (nSPS) is 15.4. The van der Waals surface area contributed by atoms with Crippen LogP contribution in [0.1, 0.15) is 73.7 Å². The molecule has 2 atom stereocenters. The Balaban J connectivity index is 0.00000860. The first-order valence-electron chi connectivity index (χ1n) is 25.6. The highest BCUT2D eigenvalue weighted by Gasteiger charge is 2.55. The van der Waals surface area contributed by atoms with Crippen molar-refractivity contribution in [1.82, 2.24) is 20.2 Å². The lowest BCUT2D eigenvalue weighted by Gasteiger charge is -2.49. The fourth-order valence-corrected chi connectivity index (χ4v) is 12.5. The van der Waals surface area contributed by atoms with Crippen molar-refractivity contribution in [3.8, 4) is 11.4 Å². The number of benzene rings is 5. The predicted octanol–water partition coefficient (Wildman–Crippen LogP) is 6.04. The van der Waals surface area contributed by atoms with E-state index in [1.54, 1.807) is 63.6 Å². The third-order valence-electron chi connectivity index (χ3n) is 13.1. The molecule has 5 aromatic carbocycles. The molecule has 1 saturated heterocycles. The molecule has 0 radical (unpaired) electrons. The molecule has 2 aliphatic rings. The number of fused-ring (bicyclic) bond motifs is 1. The Morgan fingerprint density at radius 3 is 2.04 bits per heavy atom. The van der Waals surface area contributed by atoms with Crippen molar-refractivity contribution >= 4 is 81.1 Å². The van der Waals surface area contributed by atoms with Crippen LogP contribution in [-0.2, 0) is 45.6 Å². The number of nitrogen functional groups attached to an aromatic ring is 2. The number of thioether (sulfide) groups is 2. The fraction of sp³-hybridized carbons (Fsp3) is 0.267. The number of rotatable bonds is 19. The number of aromatic nitrogens is 3. The number of nitrogens with two attached hydrogens (primary N) is 2. The summed E-state index contributed by atoms with van der Waals surface area (Å²) >= 11 is 3.90. The van der Waals surface area contributed by atoms with Gasteiger partial charge in [0.2, 0.25) is 17.2 Å². The summed E-state index contributed by atoms with van der Waals surface area (Å²) < 4.78 is 18.7. The minimum absolute atomic E-state index is 0. The van der Waals surface area contributed by atoms with Gasteiger partial charge in [0, 0.05) is 16.9 Å². The maximum atomic E-state index is 14.9. The SMILES string of the molecule is COc1ccc(COC(=O)C2=C(CSc3nc(N)cc(N)[n+]3-c3ccc(C)cc3C)CSC3C(NC(=O)/C(=N\OC(C)(C)C(=O)OC(C)(C)C)c4csc(NC(c5ccccc5)(c5ccccc5)c5ccccc5)n4)C(=O)N23)cc1.[Cl-]. The van der Waals surface area contributed by atoms with Crippen LogP contribution in [-0.4, -0.2) is 85.6 Å². The largest absolute Gasteiger partial charge is 1.00 e. The highest BCUT2D eigenvalue weighted by Crippen LogP contribution is 2.43. The van der Waals surface area contributed by atoms with Gasteiger partial charge in [-0.05, 0) is 112 Å². The molecule has 2 aliphatic heterocycles. The van der Waals surface area contributed by atoms with Crippen molar-refractivity contribution in [2.45, 2.75) is 88.4 Å². The van der Waals surface area contributed by atoms with Crippen molar-refractivity contribution in [1.29, 1.82) is 0 Å². The minimum Gasteiger partial charge on any atom is -1.00 e. The van der Waals surface area contributed by atoms with Gasteiger partial charge in [0.15, 0.2) is 10.8 Å². The quantitative estimate of drug-likeness (QED) is 0.0106. The van der Waals surface area contributed by atoms with Gasteiger partial charge in [-0.2, -0.15) is 4.57 Å². The third kappa shape index (κ3) is 13.0. The zero-order valence-electron chi connectivity index (χ0n) is 45.9. The molecule has 9 rings (SSSR count). The number of anilines is 3. The number of carbonyl (C=O) groups excluding carboxylic acids is 4. The van der Waals surface area contributed by atoms with Crippen LogP contribution in [0.4, 0.5) is 16.8 Å². The Hall–Kier alpha value is -7.91. The van der Waals surface area contributed by atoms with Crippen molar-refractivity contribution in [2.75, 3.05) is 35.4 Å². The molecule has 81 heavy (non-hydrogen) atoms. The molecule has 0 spiro atoms. The Bertz CT molecular complexity index is 3410. The number of nitrogens with zero attached hydrogens (tertiary/aromatic N) is 5. The smallest absolute Gasteiger partial charge is 0.355 e. The van der Waals surface area contributed by atoms with Gasteiger partial charge in [-0.3, -0.25) is 14.5 Å². The first kappa shape index (κ1) is 59.2. The van der Waals surface area contributed by atoms with Crippen LogP contribution in [0.15, 0.2) is 166 Å². The number of aryl methyl sites for hydroxylation is 2. The van der Waals surface area contributed by atoms with E-state index in [1.165, 1.54) is 53.6 Å². The van der Waals surface area contributed by atoms with E-state index in [2.05, 4.69) is 20.8 Å². The van der Waals surface area contributed by atoms with E-state index in [9.17, 15) is 19.2 Å². The maximum absolute atomic E-state index is 14.9. The van der Waals surface area contributed by atoms with Gasteiger partial charge in [0.05, 0.1) is 13.2 Å². The summed E-state index contributed by atoms with van der Waals surface area (Å²) in [6.07, 6.45) is 0. The molecule has 420 valence electrons. The predicted molar refractivity (Wildman–Crippen MR) is 312 cm³/mol. The summed E-state index contributed by atoms with van der Waals surface area (Å²) in [5.41, 5.74) is 16.1. The van der Waals surface area contributed by atoms with Crippen LogP contribution in [0, 0.1) is 13.8 Å². The third-order valence-corrected chi connectivity index (χ3v) is 16.2. The number of nitrogens with one attached hydrogen (secondary N) is 2. The van der Waals surface area contributed by atoms with E-state index in [1.807, 2.05) is 128 Å². The highest BCUT2D eigenvalue weighted by molar-refractivity contribution is 8.01. The Labute approximate surface area is 489 Å². The number of hydrogen-bond donors (Lipinski definition) is 4. The molecule has 4 heterocycles. The second-order valence-corrected chi connectivity index (χ2v) is 23.5. The standard InChI is InChI=1S/C60H61N9O8S3.ClH/c1-36-24-29-45(37(2)30-36)68-47(62)31-46(61)64-57(68)80-34-39-33-78-53-49(52(71)69(53)50(39)54(72)75-32-38-25-27-43(74-8)28-26-38)65-51(70)48(67-77-59(6,7)55(73)76-58(3,4)5)44-35-79-56(63-44)66-60(40-18-12-9-13-19-40,41-20-14-10-15-21-41)42-22-16-11-17-23-42;/h9-31,35,49,53H,32-34H2,1-8H3,(H5,61,62,63,65,66,70);1H/b67-48-;. The number of hydrogen-bond acceptors (Lipinski definition) is 17. The minimum atomic E-state index is -1.67. The second kappa shape index (κ2) is 24.8. The number of esters is 2. The summed E-state index contributed by atoms with van der Waals surface area (Å²) in [6.45, 7) is 12.0. The zero-order chi connectivity index (χ0) is 56.9. The van der Waals surface area contributed by atoms with Crippen LogP contribution in [0.25, 0.3) is 5.69 Å². The van der Waals surface area contributed by atoms with Gasteiger partial charge < -0.3 is 53.6 Å². The van der Waals surface area contributed by atoms with Gasteiger partial charge in [-0.25, -0.2) is 14.6 Å². The summed E-state index contributed by atoms with van der Waals surface area (Å²) in [6, 6.07) is 43.4. The Morgan fingerprint density at radius 2 is 1.46 bits per heavy atom. The van der Waals surface area contributed by atoms with Gasteiger partial charge >= 0.3 is 17.1 Å². The summed E-state index contributed by atoms with van der Waals surface area (Å²) in [5.74, 6) is -1.19. The van der Waals surface area contributed by atoms with Crippen molar-refractivity contribution in [3.63, 3.8) is 0 Å². The maximum Gasteiger partial charge on any atom is 0.355 e. The van der Waals surface area contributed by atoms with E-state index in [4.69, 9.17) is 35.5 Å². The topological polar surface area (TPSA) is 227 Å². The van der Waals surface area contributed by atoms with Gasteiger partial charge in [0.1, 0.15) is 52.0 Å². The van der Waals surface area contributed by atoms with Crippen LogP contribution in [0.5, 0.6) is 5.75 Å². The molecule has 6 N–H and O–H groups in total. The molecule has 1 fully saturated rings. The average Bonchev–Trinajstić information content (AvgIpc) is 4.08. The summed E-state index contributed by atoms with van der Waals surface area (Å²) in [4.78, 5) is 74.5. The fourth-order valence-electron chi connectivity index (χ4n) is 9.18. The lowest BCUT2D eigenvalue weighted by atomic mass is 9.77. The summed E-state index contributed by atoms with van der Waals surface area (Å²) in [5, 5.41) is 12.7. The Morgan fingerprint density at radius 1 is 0.840 bits per heavy atom. The molecular formula is C60H62ClN9O8S3. The number of halogens is 1. The molecule has 2 amide bonds. The second-order valence-electron chi connectivity index (χ2n) is 20.6. The number of oxime groups is 1. The van der Waals surface area contributed by atoms with Crippen LogP contribution in [0.2, 0.25) is 0 Å². The van der Waals surface area contributed by atoms with Crippen LogP contribution >= 0.6 is 34.9 Å². The first-order valence-corrected chi connectivity index (χ1v) is 28.5. The molecule has 2 aromatic heterocycles. The van der Waals surface area contributed by atoms with E-state index < -0.39 is 51.9 Å². The number of thiazole rings is 1. The molecular weight excluding hydrogens is 1110 g/mol. The molecule has 2 unspecified atom stereocenters. The number of β-lactam (4-membered cyclic amide) rings is 1. The highest BCUT2D eigenvalue weighted by atomic mass is 35.5. The van der Waals surface area contributed by atoms with E-state index >= 15 is 0 Å². The van der Waals surface area contributed by atoms with E-state index in [0.29, 0.717) is 33.0 Å². The number of methoxy groups -OCH3 is 1. The first-order chi connectivity index (χ1) is 38.3. The molecule has 17 nitrogen and oxygen atoms in total. The van der Waals surface area contributed by atoms with Crippen LogP contribution in [0.3, 0.4) is 0 Å². The average molecular weight is 1170 g/mol. The van der Waals surface area contributed by atoms with Crippen molar-refractivity contribution in [3.05, 3.63) is 195 Å². The number of ether oxygens (including phenoxy) is 3. The van der Waals surface area contributed by atoms with E-state index in [-0.39, 0.29) is 53.4 Å². The molecule has 0 bridgehead atoms. The monoisotopic (exact) mass is 1170 g/mol. The number of amides is 2. The summed E-state index contributed by atoms with van der Waals surface area (Å²) in [7, 11) is 1.56.